The van der Waals surface area contributed by atoms with Crippen LogP contribution in [0.4, 0.5) is 11.4 Å². The van der Waals surface area contributed by atoms with Crippen LogP contribution in [-0.2, 0) is 0 Å². The van der Waals surface area contributed by atoms with Crippen LogP contribution in [0.1, 0.15) is 0 Å². The van der Waals surface area contributed by atoms with E-state index >= 15 is 0 Å². The quantitative estimate of drug-likeness (QED) is 0.571. The van der Waals surface area contributed by atoms with Gasteiger partial charge in [-0.1, -0.05) is 18.2 Å². The predicted octanol–water partition coefficient (Wildman–Crippen LogP) is 5.13. The van der Waals surface area contributed by atoms with Crippen molar-refractivity contribution >= 4 is 47.5 Å². The van der Waals surface area contributed by atoms with Gasteiger partial charge >= 0.3 is 0 Å². The molecule has 0 bridgehead atoms. The number of hydrogen-bond donors (Lipinski definition) is 4. The Morgan fingerprint density at radius 1 is 0.737 bits per heavy atom. The highest BCUT2D eigenvalue weighted by molar-refractivity contribution is 7.98. The highest BCUT2D eigenvalue weighted by Gasteiger charge is 2.12. The van der Waals surface area contributed by atoms with Crippen molar-refractivity contribution in [1.29, 1.82) is 0 Å². The molecule has 0 fully saturated rings. The minimum absolute atomic E-state index is 0.429. The molecule has 7 heteroatoms. The number of hydrogen-bond acceptors (Lipinski definition) is 7. The summed E-state index contributed by atoms with van der Waals surface area (Å²) in [4.78, 5) is 1.38. The highest BCUT2D eigenvalue weighted by atomic mass is 32.2. The predicted molar refractivity (Wildman–Crippen MR) is 81.6 cm³/mol. The monoisotopic (exact) mass is 313 g/mol. The molecule has 4 nitrogen and oxygen atoms in total. The molecule has 0 saturated carbocycles. The number of rotatable bonds is 5. The second kappa shape index (κ2) is 7.09. The molecule has 0 spiro atoms. The highest BCUT2D eigenvalue weighted by Crippen LogP contribution is 2.38. The van der Waals surface area contributed by atoms with Crippen LogP contribution in [0, 0.1) is 0 Å². The van der Waals surface area contributed by atoms with Crippen LogP contribution in [0.3, 0.4) is 0 Å². The molecule has 19 heavy (non-hydrogen) atoms. The van der Waals surface area contributed by atoms with Crippen molar-refractivity contribution in [1.82, 2.24) is 0 Å². The molecular formula is C12H11NO3S3. The fraction of sp³-hybridized carbons (Fsp3) is 0. The van der Waals surface area contributed by atoms with Gasteiger partial charge in [-0.05, 0) is 24.3 Å². The average molecular weight is 313 g/mol. The summed E-state index contributed by atoms with van der Waals surface area (Å²) in [5.74, 6) is 0. The molecule has 0 aliphatic heterocycles. The van der Waals surface area contributed by atoms with E-state index in [4.69, 9.17) is 0 Å². The fourth-order valence-corrected chi connectivity index (χ4v) is 3.12. The SMILES string of the molecule is OSc1cc(Nc2ccccc2)cc(SO)c1SO. The zero-order chi connectivity index (χ0) is 13.7. The zero-order valence-electron chi connectivity index (χ0n) is 9.61. The number of nitrogens with one attached hydrogen (secondary N) is 1. The van der Waals surface area contributed by atoms with Crippen LogP contribution in [0.15, 0.2) is 57.2 Å². The zero-order valence-corrected chi connectivity index (χ0v) is 12.1. The Bertz CT molecular complexity index is 526. The Morgan fingerprint density at radius 3 is 1.79 bits per heavy atom. The van der Waals surface area contributed by atoms with Crippen molar-refractivity contribution in [2.24, 2.45) is 0 Å². The molecule has 0 saturated heterocycles. The van der Waals surface area contributed by atoms with Gasteiger partial charge in [-0.25, -0.2) is 0 Å². The van der Waals surface area contributed by atoms with Crippen molar-refractivity contribution in [3.8, 4) is 0 Å². The molecule has 0 aliphatic carbocycles. The minimum Gasteiger partial charge on any atom is -0.355 e. The Morgan fingerprint density at radius 2 is 1.32 bits per heavy atom. The van der Waals surface area contributed by atoms with Gasteiger partial charge in [0, 0.05) is 47.5 Å². The van der Waals surface area contributed by atoms with Gasteiger partial charge in [0.2, 0.25) is 0 Å². The first-order valence-corrected chi connectivity index (χ1v) is 7.55. The topological polar surface area (TPSA) is 72.7 Å². The van der Waals surface area contributed by atoms with Gasteiger partial charge in [0.15, 0.2) is 0 Å². The number of anilines is 2. The summed E-state index contributed by atoms with van der Waals surface area (Å²) in [6, 6.07) is 13.0. The van der Waals surface area contributed by atoms with E-state index < -0.39 is 0 Å². The molecule has 0 heterocycles. The van der Waals surface area contributed by atoms with E-state index in [2.05, 4.69) is 5.32 Å². The molecule has 0 amide bonds. The summed E-state index contributed by atoms with van der Waals surface area (Å²) < 4.78 is 27.7. The largest absolute Gasteiger partial charge is 0.355 e. The van der Waals surface area contributed by atoms with E-state index in [-0.39, 0.29) is 0 Å². The van der Waals surface area contributed by atoms with Crippen molar-refractivity contribution in [3.05, 3.63) is 42.5 Å². The van der Waals surface area contributed by atoms with Crippen LogP contribution >= 0.6 is 36.1 Å². The van der Waals surface area contributed by atoms with E-state index in [0.29, 0.717) is 50.8 Å². The van der Waals surface area contributed by atoms with Crippen LogP contribution < -0.4 is 5.32 Å². The van der Waals surface area contributed by atoms with Crippen molar-refractivity contribution in [2.45, 2.75) is 14.7 Å². The Labute approximate surface area is 123 Å². The summed E-state index contributed by atoms with van der Waals surface area (Å²) in [7, 11) is 0. The first-order valence-electron chi connectivity index (χ1n) is 5.23. The van der Waals surface area contributed by atoms with Crippen LogP contribution in [0.25, 0.3) is 0 Å². The maximum atomic E-state index is 9.23. The molecule has 2 aromatic carbocycles. The molecule has 0 unspecified atom stereocenters. The lowest BCUT2D eigenvalue weighted by Crippen LogP contribution is -1.92. The van der Waals surface area contributed by atoms with E-state index in [0.717, 1.165) is 11.4 Å². The fourth-order valence-electron chi connectivity index (χ4n) is 1.56. The third-order valence-corrected chi connectivity index (χ3v) is 4.29. The molecule has 0 atom stereocenters. The Kier molecular flexibility index (Phi) is 5.44. The minimum atomic E-state index is 0.429. The van der Waals surface area contributed by atoms with Gasteiger partial charge in [-0.15, -0.1) is 0 Å². The molecule has 0 aromatic heterocycles. The van der Waals surface area contributed by atoms with Gasteiger partial charge in [-0.2, -0.15) is 0 Å². The maximum absolute atomic E-state index is 9.23. The Hall–Kier alpha value is -0.830. The van der Waals surface area contributed by atoms with E-state index in [1.54, 1.807) is 12.1 Å². The van der Waals surface area contributed by atoms with Gasteiger partial charge in [0.1, 0.15) is 0 Å². The summed E-state index contributed by atoms with van der Waals surface area (Å²) in [6.07, 6.45) is 0. The molecule has 2 aromatic rings. The second-order valence-corrected chi connectivity index (χ2v) is 5.40. The van der Waals surface area contributed by atoms with E-state index in [1.165, 1.54) is 0 Å². The first-order chi connectivity index (χ1) is 9.28. The van der Waals surface area contributed by atoms with Gasteiger partial charge in [-0.3, -0.25) is 0 Å². The van der Waals surface area contributed by atoms with Crippen molar-refractivity contribution in [3.63, 3.8) is 0 Å². The van der Waals surface area contributed by atoms with E-state index in [9.17, 15) is 13.7 Å². The molecule has 0 aliphatic rings. The normalized spacial score (nSPS) is 10.5. The molecule has 100 valence electrons. The average Bonchev–Trinajstić information content (AvgIpc) is 2.47. The maximum Gasteiger partial charge on any atom is 0.0670 e. The molecule has 4 N–H and O–H groups in total. The van der Waals surface area contributed by atoms with Crippen molar-refractivity contribution in [2.75, 3.05) is 5.32 Å². The van der Waals surface area contributed by atoms with Gasteiger partial charge in [0.05, 0.1) is 14.7 Å². The lowest BCUT2D eigenvalue weighted by Gasteiger charge is -2.12. The summed E-state index contributed by atoms with van der Waals surface area (Å²) >= 11 is 1.55. The Balaban J connectivity index is 2.36. The standard InChI is InChI=1S/C12H11NO3S3/c14-17-10-6-9(7-11(18-15)12(10)19-16)13-8-4-2-1-3-5-8/h1-7,13-16H. The van der Waals surface area contributed by atoms with Crippen LogP contribution in [0.2, 0.25) is 0 Å². The molecule has 2 rings (SSSR count). The lowest BCUT2D eigenvalue weighted by molar-refractivity contribution is 0.643. The van der Waals surface area contributed by atoms with Crippen molar-refractivity contribution < 1.29 is 13.7 Å². The molecular weight excluding hydrogens is 302 g/mol. The second-order valence-electron chi connectivity index (χ2n) is 3.57. The molecule has 0 radical (unpaired) electrons. The van der Waals surface area contributed by atoms with Crippen LogP contribution in [0.5, 0.6) is 0 Å². The third kappa shape index (κ3) is 3.59. The van der Waals surface area contributed by atoms with Gasteiger partial charge < -0.3 is 19.0 Å². The van der Waals surface area contributed by atoms with Crippen LogP contribution in [-0.4, -0.2) is 13.7 Å². The van der Waals surface area contributed by atoms with Gasteiger partial charge in [0.25, 0.3) is 0 Å². The summed E-state index contributed by atoms with van der Waals surface area (Å²) in [5, 5.41) is 3.16. The lowest BCUT2D eigenvalue weighted by atomic mass is 10.2. The third-order valence-electron chi connectivity index (χ3n) is 2.37. The first kappa shape index (κ1) is 14.6. The number of para-hydroxylation sites is 1. The summed E-state index contributed by atoms with van der Waals surface area (Å²) in [6.45, 7) is 0. The smallest absolute Gasteiger partial charge is 0.0670 e. The summed E-state index contributed by atoms with van der Waals surface area (Å²) in [5.41, 5.74) is 1.62. The van der Waals surface area contributed by atoms with E-state index in [1.807, 2.05) is 30.3 Å². The number of benzene rings is 2.